The van der Waals surface area contributed by atoms with Gasteiger partial charge in [0, 0.05) is 43.6 Å². The molecular weight excluding hydrogens is 809 g/mol. The van der Waals surface area contributed by atoms with Crippen molar-refractivity contribution in [2.24, 2.45) is 0 Å². The summed E-state index contributed by atoms with van der Waals surface area (Å²) in [6.45, 7) is 0. The zero-order valence-corrected chi connectivity index (χ0v) is 35.2. The number of nitriles is 1. The van der Waals surface area contributed by atoms with Crippen molar-refractivity contribution in [1.29, 1.82) is 5.26 Å². The summed E-state index contributed by atoms with van der Waals surface area (Å²) in [6.07, 6.45) is 0. The summed E-state index contributed by atoms with van der Waals surface area (Å²) < 4.78 is 13.0. The van der Waals surface area contributed by atoms with Gasteiger partial charge in [0.25, 0.3) is 0 Å². The normalized spacial score (nSPS) is 11.6. The molecule has 13 aromatic rings. The largest absolute Gasteiger partial charge is 0.456 e. The summed E-state index contributed by atoms with van der Waals surface area (Å²) >= 11 is 0. The Morgan fingerprint density at radius 1 is 0.303 bits per heavy atom. The van der Waals surface area contributed by atoms with E-state index in [1.165, 1.54) is 0 Å². The highest BCUT2D eigenvalue weighted by atomic mass is 16.3. The number of rotatable bonds is 6. The molecule has 0 amide bonds. The van der Waals surface area contributed by atoms with Crippen LogP contribution < -0.4 is 0 Å². The molecule has 6 nitrogen and oxygen atoms in total. The van der Waals surface area contributed by atoms with Gasteiger partial charge >= 0.3 is 0 Å². The average Bonchev–Trinajstić information content (AvgIpc) is 3.98. The number of aromatic nitrogens is 3. The Morgan fingerprint density at radius 3 is 1.53 bits per heavy atom. The third-order valence-electron chi connectivity index (χ3n) is 12.7. The van der Waals surface area contributed by atoms with Crippen LogP contribution in [0.4, 0.5) is 0 Å². The molecule has 0 atom stereocenters. The molecule has 6 heteroatoms. The van der Waals surface area contributed by atoms with Crippen LogP contribution in [0.5, 0.6) is 0 Å². The molecule has 0 bridgehead atoms. The lowest BCUT2D eigenvalue weighted by molar-refractivity contribution is 0.669. The van der Waals surface area contributed by atoms with E-state index in [1.54, 1.807) is 0 Å². The van der Waals surface area contributed by atoms with E-state index in [0.717, 1.165) is 115 Å². The summed E-state index contributed by atoms with van der Waals surface area (Å²) in [5.41, 5.74) is 13.1. The molecule has 0 fully saturated rings. The predicted octanol–water partition coefficient (Wildman–Crippen LogP) is 15.9. The molecule has 10 aromatic carbocycles. The number of hydrogen-bond donors (Lipinski definition) is 0. The lowest BCUT2D eigenvalue weighted by atomic mass is 9.91. The van der Waals surface area contributed by atoms with Crippen LogP contribution in [0, 0.1) is 11.3 Å². The number of para-hydroxylation sites is 2. The van der Waals surface area contributed by atoms with E-state index in [0.29, 0.717) is 23.0 Å². The van der Waals surface area contributed by atoms with Gasteiger partial charge in [0.05, 0.1) is 11.6 Å². The van der Waals surface area contributed by atoms with Gasteiger partial charge < -0.3 is 8.83 Å². The second-order valence-electron chi connectivity index (χ2n) is 16.7. The van der Waals surface area contributed by atoms with Gasteiger partial charge in [0.1, 0.15) is 22.3 Å². The zero-order valence-electron chi connectivity index (χ0n) is 35.2. The standard InChI is InChI=1S/C60H34N4O2/c61-35-36-10-8-13-40(30-36)43-24-27-46-47-28-25-44(33-52(47)57-56(51(46)32-43)50-17-5-7-19-54(50)66-57)42-15-9-14-41(31-42)37-20-22-39(23-21-37)59-62-58(38-11-2-1-3-12-38)63-60(64-59)45-26-29-49-48-16-4-6-18-53(48)65-55(49)34-45/h1-34H. The van der Waals surface area contributed by atoms with Crippen molar-refractivity contribution < 1.29 is 8.83 Å². The number of benzene rings is 10. The van der Waals surface area contributed by atoms with Gasteiger partial charge in [0.2, 0.25) is 0 Å². The minimum Gasteiger partial charge on any atom is -0.456 e. The molecule has 0 saturated heterocycles. The number of fused-ring (bicyclic) bond motifs is 11. The van der Waals surface area contributed by atoms with Crippen molar-refractivity contribution in [3.05, 3.63) is 212 Å². The first-order valence-corrected chi connectivity index (χ1v) is 21.9. The summed E-state index contributed by atoms with van der Waals surface area (Å²) in [6, 6.07) is 73.0. The molecule has 0 aliphatic rings. The van der Waals surface area contributed by atoms with Crippen molar-refractivity contribution in [3.8, 4) is 73.6 Å². The highest BCUT2D eigenvalue weighted by Gasteiger charge is 2.19. The summed E-state index contributed by atoms with van der Waals surface area (Å²) in [7, 11) is 0. The van der Waals surface area contributed by atoms with Crippen molar-refractivity contribution >= 4 is 65.4 Å². The van der Waals surface area contributed by atoms with Gasteiger partial charge in [-0.3, -0.25) is 0 Å². The minimum atomic E-state index is 0.577. The first-order chi connectivity index (χ1) is 32.6. The van der Waals surface area contributed by atoms with E-state index in [2.05, 4.69) is 127 Å². The Bertz CT molecular complexity index is 4120. The van der Waals surface area contributed by atoms with Gasteiger partial charge in [-0.15, -0.1) is 0 Å². The molecule has 0 spiro atoms. The maximum Gasteiger partial charge on any atom is 0.164 e. The summed E-state index contributed by atoms with van der Waals surface area (Å²) in [5.74, 6) is 1.77. The Hall–Kier alpha value is -9.18. The maximum absolute atomic E-state index is 9.60. The zero-order chi connectivity index (χ0) is 43.7. The summed E-state index contributed by atoms with van der Waals surface area (Å²) in [5, 5.41) is 18.4. The highest BCUT2D eigenvalue weighted by molar-refractivity contribution is 6.31. The van der Waals surface area contributed by atoms with E-state index in [4.69, 9.17) is 23.8 Å². The van der Waals surface area contributed by atoms with Crippen molar-refractivity contribution in [1.82, 2.24) is 15.0 Å². The summed E-state index contributed by atoms with van der Waals surface area (Å²) in [4.78, 5) is 15.0. The minimum absolute atomic E-state index is 0.577. The Kier molecular flexibility index (Phi) is 8.48. The molecule has 0 saturated carbocycles. The van der Waals surface area contributed by atoms with E-state index in [1.807, 2.05) is 84.9 Å². The van der Waals surface area contributed by atoms with Gasteiger partial charge in [-0.25, -0.2) is 15.0 Å². The number of furan rings is 2. The van der Waals surface area contributed by atoms with E-state index < -0.39 is 0 Å². The molecule has 0 aliphatic heterocycles. The highest BCUT2D eigenvalue weighted by Crippen LogP contribution is 2.44. The predicted molar refractivity (Wildman–Crippen MR) is 267 cm³/mol. The van der Waals surface area contributed by atoms with E-state index >= 15 is 0 Å². The molecule has 3 aromatic heterocycles. The second-order valence-corrected chi connectivity index (χ2v) is 16.7. The lowest BCUT2D eigenvalue weighted by Gasteiger charge is -2.12. The second kappa shape index (κ2) is 15.0. The molecule has 3 heterocycles. The van der Waals surface area contributed by atoms with Crippen LogP contribution in [0.3, 0.4) is 0 Å². The fraction of sp³-hybridized carbons (Fsp3) is 0. The quantitative estimate of drug-likeness (QED) is 0.155. The molecule has 0 unspecified atom stereocenters. The smallest absolute Gasteiger partial charge is 0.164 e. The fourth-order valence-electron chi connectivity index (χ4n) is 9.49. The topological polar surface area (TPSA) is 88.7 Å². The van der Waals surface area contributed by atoms with Crippen molar-refractivity contribution in [2.45, 2.75) is 0 Å². The van der Waals surface area contributed by atoms with Crippen molar-refractivity contribution in [2.75, 3.05) is 0 Å². The van der Waals surface area contributed by atoms with Gasteiger partial charge in [-0.1, -0.05) is 152 Å². The Morgan fingerprint density at radius 2 is 0.788 bits per heavy atom. The third kappa shape index (κ3) is 6.22. The fourth-order valence-corrected chi connectivity index (χ4v) is 9.49. The number of nitrogens with zero attached hydrogens (tertiary/aromatic N) is 4. The SMILES string of the molecule is N#Cc1cccc(-c2ccc3c4ccc(-c5cccc(-c6ccc(-c7nc(-c8ccccc8)nc(-c8ccc9c(c8)oc8ccccc89)n7)cc6)c5)cc4c4oc5ccccc5c4c3c2)c1. The van der Waals surface area contributed by atoms with Gasteiger partial charge in [-0.2, -0.15) is 5.26 Å². The molecule has 66 heavy (non-hydrogen) atoms. The molecular formula is C60H34N4O2. The van der Waals surface area contributed by atoms with Crippen LogP contribution in [-0.4, -0.2) is 15.0 Å². The first-order valence-electron chi connectivity index (χ1n) is 21.9. The van der Waals surface area contributed by atoms with Gasteiger partial charge in [0.15, 0.2) is 17.5 Å². The Labute approximate surface area is 378 Å². The third-order valence-corrected chi connectivity index (χ3v) is 12.7. The molecule has 13 rings (SSSR count). The first kappa shape index (κ1) is 37.4. The van der Waals surface area contributed by atoms with Crippen LogP contribution in [0.15, 0.2) is 215 Å². The van der Waals surface area contributed by atoms with Crippen LogP contribution in [0.2, 0.25) is 0 Å². The average molecular weight is 843 g/mol. The van der Waals surface area contributed by atoms with Crippen LogP contribution in [0.25, 0.3) is 133 Å². The monoisotopic (exact) mass is 842 g/mol. The maximum atomic E-state index is 9.60. The number of hydrogen-bond acceptors (Lipinski definition) is 6. The van der Waals surface area contributed by atoms with Crippen LogP contribution in [0.1, 0.15) is 5.56 Å². The molecule has 0 N–H and O–H groups in total. The van der Waals surface area contributed by atoms with Gasteiger partial charge in [-0.05, 0) is 104 Å². The van der Waals surface area contributed by atoms with Crippen LogP contribution in [-0.2, 0) is 0 Å². The molecule has 0 aliphatic carbocycles. The lowest BCUT2D eigenvalue weighted by Crippen LogP contribution is -2.00. The van der Waals surface area contributed by atoms with Crippen molar-refractivity contribution in [3.63, 3.8) is 0 Å². The van der Waals surface area contributed by atoms with Crippen LogP contribution >= 0.6 is 0 Å². The molecule has 0 radical (unpaired) electrons. The Balaban J connectivity index is 0.875. The van der Waals surface area contributed by atoms with E-state index in [9.17, 15) is 5.26 Å². The van der Waals surface area contributed by atoms with E-state index in [-0.39, 0.29) is 0 Å². The molecule has 306 valence electrons.